The van der Waals surface area contributed by atoms with Crippen LogP contribution < -0.4 is 0 Å². The summed E-state index contributed by atoms with van der Waals surface area (Å²) in [6, 6.07) is 1.86. The summed E-state index contributed by atoms with van der Waals surface area (Å²) < 4.78 is 37.0. The fraction of sp³-hybridized carbons (Fsp3) is 0.600. The largest absolute Gasteiger partial charge is 0.468 e. The van der Waals surface area contributed by atoms with Gasteiger partial charge in [0.2, 0.25) is 0 Å². The van der Waals surface area contributed by atoms with E-state index in [0.717, 1.165) is 15.6 Å². The van der Waals surface area contributed by atoms with Gasteiger partial charge < -0.3 is 19.3 Å². The van der Waals surface area contributed by atoms with Gasteiger partial charge in [-0.05, 0) is 11.4 Å². The smallest absolute Gasteiger partial charge is 0.326 e. The Morgan fingerprint density at radius 2 is 1.92 bits per heavy atom. The van der Waals surface area contributed by atoms with E-state index in [-0.39, 0.29) is 29.9 Å². The number of esters is 1. The number of piperazine rings is 1. The van der Waals surface area contributed by atoms with E-state index in [2.05, 4.69) is 0 Å². The van der Waals surface area contributed by atoms with E-state index in [0.29, 0.717) is 26.3 Å². The number of ether oxygens (including phenoxy) is 2. The second-order valence-corrected chi connectivity index (χ2v) is 8.98. The summed E-state index contributed by atoms with van der Waals surface area (Å²) >= 11 is 1.09. The molecule has 2 aliphatic heterocycles. The SMILES string of the molecule is COC(=O)[C@@H]1CN(C(=O)N2CCOCC2)CCN1S(=O)(=O)c1cccs1. The molecule has 0 saturated carbocycles. The van der Waals surface area contributed by atoms with Gasteiger partial charge in [0, 0.05) is 32.7 Å². The Balaban J connectivity index is 1.79. The molecule has 26 heavy (non-hydrogen) atoms. The lowest BCUT2D eigenvalue weighted by atomic mass is 10.2. The molecule has 2 amide bonds. The highest BCUT2D eigenvalue weighted by Gasteiger charge is 2.43. The molecule has 0 spiro atoms. The zero-order valence-electron chi connectivity index (χ0n) is 14.4. The summed E-state index contributed by atoms with van der Waals surface area (Å²) in [6.45, 7) is 2.13. The number of sulfonamides is 1. The molecule has 0 unspecified atom stereocenters. The van der Waals surface area contributed by atoms with Gasteiger partial charge in [0.15, 0.2) is 0 Å². The number of thiophene rings is 1. The van der Waals surface area contributed by atoms with Crippen LogP contribution in [0, 0.1) is 0 Å². The number of methoxy groups -OCH3 is 1. The van der Waals surface area contributed by atoms with Crippen LogP contribution in [-0.2, 0) is 24.3 Å². The average Bonchev–Trinajstić information content (AvgIpc) is 3.22. The molecule has 2 aliphatic rings. The van der Waals surface area contributed by atoms with E-state index in [1.54, 1.807) is 16.3 Å². The first-order valence-electron chi connectivity index (χ1n) is 8.20. The lowest BCUT2D eigenvalue weighted by Gasteiger charge is -2.41. The van der Waals surface area contributed by atoms with Crippen LogP contribution in [0.4, 0.5) is 4.79 Å². The Kier molecular flexibility index (Phi) is 5.80. The highest BCUT2D eigenvalue weighted by Crippen LogP contribution is 2.26. The van der Waals surface area contributed by atoms with E-state index < -0.39 is 22.0 Å². The molecule has 1 aromatic heterocycles. The van der Waals surface area contributed by atoms with E-state index >= 15 is 0 Å². The number of urea groups is 1. The van der Waals surface area contributed by atoms with Gasteiger partial charge in [-0.1, -0.05) is 6.07 Å². The normalized spacial score (nSPS) is 22.3. The Labute approximate surface area is 156 Å². The van der Waals surface area contributed by atoms with E-state index in [4.69, 9.17) is 9.47 Å². The highest BCUT2D eigenvalue weighted by molar-refractivity contribution is 7.91. The minimum Gasteiger partial charge on any atom is -0.468 e. The molecule has 0 aromatic carbocycles. The number of carbonyl (C=O) groups is 2. The van der Waals surface area contributed by atoms with Crippen molar-refractivity contribution in [1.82, 2.24) is 14.1 Å². The molecule has 1 aromatic rings. The summed E-state index contributed by atoms with van der Waals surface area (Å²) in [4.78, 5) is 28.1. The van der Waals surface area contributed by atoms with Crippen molar-refractivity contribution < 1.29 is 27.5 Å². The Hall–Kier alpha value is -1.69. The van der Waals surface area contributed by atoms with Gasteiger partial charge in [-0.2, -0.15) is 4.31 Å². The van der Waals surface area contributed by atoms with Crippen LogP contribution in [-0.4, -0.2) is 93.6 Å². The zero-order valence-corrected chi connectivity index (χ0v) is 16.0. The summed E-state index contributed by atoms with van der Waals surface area (Å²) in [6.07, 6.45) is 0. The van der Waals surface area contributed by atoms with Gasteiger partial charge >= 0.3 is 12.0 Å². The predicted octanol–water partition coefficient (Wildman–Crippen LogP) is 0.0482. The second kappa shape index (κ2) is 7.91. The second-order valence-electron chi connectivity index (χ2n) is 5.91. The van der Waals surface area contributed by atoms with Crippen molar-refractivity contribution in [3.63, 3.8) is 0 Å². The molecule has 0 radical (unpaired) electrons. The zero-order chi connectivity index (χ0) is 18.7. The van der Waals surface area contributed by atoms with Gasteiger partial charge in [-0.3, -0.25) is 4.79 Å². The fourth-order valence-electron chi connectivity index (χ4n) is 3.04. The highest BCUT2D eigenvalue weighted by atomic mass is 32.2. The van der Waals surface area contributed by atoms with Crippen molar-refractivity contribution in [3.8, 4) is 0 Å². The van der Waals surface area contributed by atoms with Gasteiger partial charge in [0.05, 0.1) is 20.3 Å². The fourth-order valence-corrected chi connectivity index (χ4v) is 5.72. The molecule has 3 rings (SSSR count). The number of carbonyl (C=O) groups excluding carboxylic acids is 2. The number of hydrogen-bond acceptors (Lipinski definition) is 7. The van der Waals surface area contributed by atoms with Crippen LogP contribution in [0.1, 0.15) is 0 Å². The first-order valence-corrected chi connectivity index (χ1v) is 10.5. The molecule has 2 fully saturated rings. The van der Waals surface area contributed by atoms with Crippen LogP contribution in [0.5, 0.6) is 0 Å². The summed E-state index contributed by atoms with van der Waals surface area (Å²) in [5.74, 6) is -0.676. The molecular formula is C15H21N3O6S2. The van der Waals surface area contributed by atoms with Crippen LogP contribution in [0.3, 0.4) is 0 Å². The van der Waals surface area contributed by atoms with Crippen molar-refractivity contribution in [2.45, 2.75) is 10.3 Å². The van der Waals surface area contributed by atoms with Crippen LogP contribution >= 0.6 is 11.3 Å². The average molecular weight is 403 g/mol. The van der Waals surface area contributed by atoms with Gasteiger partial charge in [0.25, 0.3) is 10.0 Å². The van der Waals surface area contributed by atoms with Crippen molar-refractivity contribution >= 4 is 33.4 Å². The molecule has 144 valence electrons. The van der Waals surface area contributed by atoms with Gasteiger partial charge in [-0.15, -0.1) is 11.3 Å². The topological polar surface area (TPSA) is 96.5 Å². The maximum absolute atomic E-state index is 12.9. The molecule has 0 bridgehead atoms. The maximum Gasteiger partial charge on any atom is 0.326 e. The minimum atomic E-state index is -3.82. The lowest BCUT2D eigenvalue weighted by Crippen LogP contribution is -2.61. The number of nitrogens with zero attached hydrogens (tertiary/aromatic N) is 3. The summed E-state index contributed by atoms with van der Waals surface area (Å²) in [7, 11) is -2.61. The third-order valence-corrected chi connectivity index (χ3v) is 7.70. The van der Waals surface area contributed by atoms with Crippen LogP contribution in [0.2, 0.25) is 0 Å². The van der Waals surface area contributed by atoms with Gasteiger partial charge in [-0.25, -0.2) is 13.2 Å². The number of morpholine rings is 1. The number of hydrogen-bond donors (Lipinski definition) is 0. The Morgan fingerprint density at radius 1 is 1.19 bits per heavy atom. The molecule has 11 heteroatoms. The lowest BCUT2D eigenvalue weighted by molar-refractivity contribution is -0.146. The monoisotopic (exact) mass is 403 g/mol. The third-order valence-electron chi connectivity index (χ3n) is 4.41. The standard InChI is InChI=1S/C15H21N3O6S2/c1-23-14(19)12-11-17(15(20)16-6-8-24-9-7-16)4-5-18(12)26(21,22)13-3-2-10-25-13/h2-3,10,12H,4-9,11H2,1H3/t12-/m0/s1. The molecule has 9 nitrogen and oxygen atoms in total. The first-order chi connectivity index (χ1) is 12.4. The minimum absolute atomic E-state index is 0.0343. The third kappa shape index (κ3) is 3.70. The molecule has 2 saturated heterocycles. The van der Waals surface area contributed by atoms with E-state index in [1.165, 1.54) is 18.1 Å². The van der Waals surface area contributed by atoms with Crippen LogP contribution in [0.15, 0.2) is 21.7 Å². The molecule has 0 N–H and O–H groups in total. The number of rotatable bonds is 3. The molecule has 3 heterocycles. The van der Waals surface area contributed by atoms with Crippen molar-refractivity contribution in [3.05, 3.63) is 17.5 Å². The summed E-state index contributed by atoms with van der Waals surface area (Å²) in [5, 5.41) is 1.66. The first kappa shape index (κ1) is 19.1. The Morgan fingerprint density at radius 3 is 2.54 bits per heavy atom. The summed E-state index contributed by atoms with van der Waals surface area (Å²) in [5.41, 5.74) is 0. The van der Waals surface area contributed by atoms with Crippen LogP contribution in [0.25, 0.3) is 0 Å². The van der Waals surface area contributed by atoms with Gasteiger partial charge in [0.1, 0.15) is 10.3 Å². The van der Waals surface area contributed by atoms with Crippen molar-refractivity contribution in [2.75, 3.05) is 53.0 Å². The number of amides is 2. The van der Waals surface area contributed by atoms with Crippen molar-refractivity contribution in [2.24, 2.45) is 0 Å². The van der Waals surface area contributed by atoms with E-state index in [1.807, 2.05) is 0 Å². The predicted molar refractivity (Wildman–Crippen MR) is 93.4 cm³/mol. The molecule has 0 aliphatic carbocycles. The molecule has 1 atom stereocenters. The Bertz CT molecular complexity index is 745. The quantitative estimate of drug-likeness (QED) is 0.662. The van der Waals surface area contributed by atoms with Crippen molar-refractivity contribution in [1.29, 1.82) is 0 Å². The maximum atomic E-state index is 12.9. The van der Waals surface area contributed by atoms with E-state index in [9.17, 15) is 18.0 Å². The molecular weight excluding hydrogens is 382 g/mol.